The molecule has 0 aromatic carbocycles. The van der Waals surface area contributed by atoms with Gasteiger partial charge in [0.05, 0.1) is 6.10 Å². The lowest BCUT2D eigenvalue weighted by Gasteiger charge is -2.19. The SMILES string of the molecule is CCCNC(CCC1CCCO1)Cc1ccsc1. The Balaban J connectivity index is 1.76. The van der Waals surface area contributed by atoms with E-state index in [1.165, 1.54) is 37.7 Å². The maximum Gasteiger partial charge on any atom is 0.0576 e. The molecule has 2 unspecified atom stereocenters. The average Bonchev–Trinajstić information content (AvgIpc) is 3.05. The van der Waals surface area contributed by atoms with E-state index in [0.29, 0.717) is 12.1 Å². The van der Waals surface area contributed by atoms with Gasteiger partial charge in [-0.3, -0.25) is 0 Å². The van der Waals surface area contributed by atoms with Crippen LogP contribution in [0.3, 0.4) is 0 Å². The normalized spacial score (nSPS) is 21.3. The monoisotopic (exact) mass is 267 g/mol. The van der Waals surface area contributed by atoms with Gasteiger partial charge in [0.2, 0.25) is 0 Å². The minimum absolute atomic E-state index is 0.526. The van der Waals surface area contributed by atoms with E-state index in [9.17, 15) is 0 Å². The van der Waals surface area contributed by atoms with Crippen molar-refractivity contribution in [3.8, 4) is 0 Å². The molecule has 0 aliphatic carbocycles. The first-order valence-corrected chi connectivity index (χ1v) is 8.19. The fraction of sp³-hybridized carbons (Fsp3) is 0.733. The molecule has 0 amide bonds. The van der Waals surface area contributed by atoms with Crippen molar-refractivity contribution in [3.05, 3.63) is 22.4 Å². The van der Waals surface area contributed by atoms with Crippen molar-refractivity contribution >= 4 is 11.3 Å². The Morgan fingerprint density at radius 2 is 2.50 bits per heavy atom. The molecule has 2 atom stereocenters. The largest absolute Gasteiger partial charge is 0.378 e. The molecule has 0 saturated carbocycles. The number of hydrogen-bond donors (Lipinski definition) is 1. The molecule has 1 fully saturated rings. The standard InChI is InChI=1S/C15H25NOS/c1-2-8-16-14(11-13-7-10-18-12-13)5-6-15-4-3-9-17-15/h7,10,12,14-16H,2-6,8-9,11H2,1H3. The van der Waals surface area contributed by atoms with Crippen LogP contribution in [-0.2, 0) is 11.2 Å². The molecular weight excluding hydrogens is 242 g/mol. The van der Waals surface area contributed by atoms with Crippen molar-refractivity contribution < 1.29 is 4.74 Å². The Morgan fingerprint density at radius 1 is 1.56 bits per heavy atom. The second-order valence-electron chi connectivity index (χ2n) is 5.20. The second kappa shape index (κ2) is 7.93. The van der Waals surface area contributed by atoms with Crippen LogP contribution in [0.15, 0.2) is 16.8 Å². The molecule has 1 aliphatic rings. The molecule has 102 valence electrons. The van der Waals surface area contributed by atoms with Crippen molar-refractivity contribution in [2.24, 2.45) is 0 Å². The molecule has 1 aliphatic heterocycles. The third-order valence-corrected chi connectivity index (χ3v) is 4.34. The van der Waals surface area contributed by atoms with E-state index in [0.717, 1.165) is 19.6 Å². The summed E-state index contributed by atoms with van der Waals surface area (Å²) in [6, 6.07) is 2.86. The molecule has 18 heavy (non-hydrogen) atoms. The second-order valence-corrected chi connectivity index (χ2v) is 5.98. The number of ether oxygens (including phenoxy) is 1. The molecule has 2 rings (SSSR count). The third kappa shape index (κ3) is 4.71. The Labute approximate surface area is 115 Å². The van der Waals surface area contributed by atoms with Crippen LogP contribution in [0.5, 0.6) is 0 Å². The average molecular weight is 267 g/mol. The number of nitrogens with one attached hydrogen (secondary N) is 1. The number of thiophene rings is 1. The minimum atomic E-state index is 0.526. The molecule has 1 aromatic rings. The number of hydrogen-bond acceptors (Lipinski definition) is 3. The Morgan fingerprint density at radius 3 is 3.17 bits per heavy atom. The van der Waals surface area contributed by atoms with Crippen LogP contribution in [0.2, 0.25) is 0 Å². The highest BCUT2D eigenvalue weighted by molar-refractivity contribution is 7.07. The molecule has 1 saturated heterocycles. The van der Waals surface area contributed by atoms with Crippen molar-refractivity contribution in [2.45, 2.75) is 57.6 Å². The van der Waals surface area contributed by atoms with Gasteiger partial charge in [-0.05, 0) is 67.5 Å². The highest BCUT2D eigenvalue weighted by atomic mass is 32.1. The fourth-order valence-electron chi connectivity index (χ4n) is 2.58. The summed E-state index contributed by atoms with van der Waals surface area (Å²) in [5.41, 5.74) is 1.47. The highest BCUT2D eigenvalue weighted by Crippen LogP contribution is 2.19. The maximum atomic E-state index is 5.72. The van der Waals surface area contributed by atoms with Crippen LogP contribution >= 0.6 is 11.3 Å². The van der Waals surface area contributed by atoms with E-state index in [1.54, 1.807) is 11.3 Å². The summed E-state index contributed by atoms with van der Waals surface area (Å²) in [7, 11) is 0. The van der Waals surface area contributed by atoms with Gasteiger partial charge in [-0.25, -0.2) is 0 Å². The molecule has 3 heteroatoms. The molecule has 2 nitrogen and oxygen atoms in total. The first kappa shape index (κ1) is 14.0. The smallest absolute Gasteiger partial charge is 0.0576 e. The van der Waals surface area contributed by atoms with Crippen molar-refractivity contribution in [1.29, 1.82) is 0 Å². The Hall–Kier alpha value is -0.380. The van der Waals surface area contributed by atoms with Crippen molar-refractivity contribution in [3.63, 3.8) is 0 Å². The topological polar surface area (TPSA) is 21.3 Å². The Kier molecular flexibility index (Phi) is 6.18. The summed E-state index contributed by atoms with van der Waals surface area (Å²) in [6.07, 6.45) is 7.86. The van der Waals surface area contributed by atoms with Gasteiger partial charge in [0.15, 0.2) is 0 Å². The van der Waals surface area contributed by atoms with Gasteiger partial charge in [0, 0.05) is 12.6 Å². The predicted octanol–water partition coefficient (Wildman–Crippen LogP) is 3.62. The van der Waals surface area contributed by atoms with Crippen molar-refractivity contribution in [2.75, 3.05) is 13.2 Å². The van der Waals surface area contributed by atoms with Crippen LogP contribution in [0.4, 0.5) is 0 Å². The zero-order valence-electron chi connectivity index (χ0n) is 11.4. The van der Waals surface area contributed by atoms with Gasteiger partial charge in [-0.15, -0.1) is 0 Å². The maximum absolute atomic E-state index is 5.72. The highest BCUT2D eigenvalue weighted by Gasteiger charge is 2.18. The van der Waals surface area contributed by atoms with Gasteiger partial charge < -0.3 is 10.1 Å². The third-order valence-electron chi connectivity index (χ3n) is 3.61. The van der Waals surface area contributed by atoms with E-state index in [1.807, 2.05) is 0 Å². The molecule has 0 radical (unpaired) electrons. The molecule has 0 bridgehead atoms. The van der Waals surface area contributed by atoms with Crippen LogP contribution in [0.25, 0.3) is 0 Å². The molecular formula is C15H25NOS. The first-order chi connectivity index (χ1) is 8.88. The molecule has 1 aromatic heterocycles. The summed E-state index contributed by atoms with van der Waals surface area (Å²) >= 11 is 1.80. The quantitative estimate of drug-likeness (QED) is 0.777. The lowest BCUT2D eigenvalue weighted by molar-refractivity contribution is 0.0996. The summed E-state index contributed by atoms with van der Waals surface area (Å²) in [5.74, 6) is 0. The van der Waals surface area contributed by atoms with Gasteiger partial charge in [0.25, 0.3) is 0 Å². The summed E-state index contributed by atoms with van der Waals surface area (Å²) in [4.78, 5) is 0. The van der Waals surface area contributed by atoms with Crippen LogP contribution in [0, 0.1) is 0 Å². The minimum Gasteiger partial charge on any atom is -0.378 e. The van der Waals surface area contributed by atoms with E-state index in [2.05, 4.69) is 29.1 Å². The van der Waals surface area contributed by atoms with Gasteiger partial charge >= 0.3 is 0 Å². The fourth-order valence-corrected chi connectivity index (χ4v) is 3.26. The summed E-state index contributed by atoms with van der Waals surface area (Å²) < 4.78 is 5.72. The zero-order valence-corrected chi connectivity index (χ0v) is 12.2. The molecule has 0 spiro atoms. The predicted molar refractivity (Wildman–Crippen MR) is 78.3 cm³/mol. The lowest BCUT2D eigenvalue weighted by Crippen LogP contribution is -2.32. The van der Waals surface area contributed by atoms with Gasteiger partial charge in [-0.1, -0.05) is 6.92 Å². The first-order valence-electron chi connectivity index (χ1n) is 7.24. The van der Waals surface area contributed by atoms with Gasteiger partial charge in [0.1, 0.15) is 0 Å². The van der Waals surface area contributed by atoms with E-state index in [4.69, 9.17) is 4.74 Å². The molecule has 2 heterocycles. The zero-order chi connectivity index (χ0) is 12.6. The van der Waals surface area contributed by atoms with E-state index in [-0.39, 0.29) is 0 Å². The summed E-state index contributed by atoms with van der Waals surface area (Å²) in [5, 5.41) is 8.12. The number of rotatable bonds is 8. The molecule has 1 N–H and O–H groups in total. The lowest BCUT2D eigenvalue weighted by atomic mass is 10.0. The van der Waals surface area contributed by atoms with E-state index >= 15 is 0 Å². The van der Waals surface area contributed by atoms with Crippen LogP contribution < -0.4 is 5.32 Å². The van der Waals surface area contributed by atoms with Gasteiger partial charge in [-0.2, -0.15) is 11.3 Å². The van der Waals surface area contributed by atoms with Crippen molar-refractivity contribution in [1.82, 2.24) is 5.32 Å². The summed E-state index contributed by atoms with van der Waals surface area (Å²) in [6.45, 7) is 4.33. The van der Waals surface area contributed by atoms with Crippen LogP contribution in [0.1, 0.15) is 44.6 Å². The Bertz CT molecular complexity index is 306. The van der Waals surface area contributed by atoms with Crippen LogP contribution in [-0.4, -0.2) is 25.3 Å². The van der Waals surface area contributed by atoms with E-state index < -0.39 is 0 Å².